The van der Waals surface area contributed by atoms with Crippen LogP contribution in [0.5, 0.6) is 0 Å². The molecule has 108 valence electrons. The van der Waals surface area contributed by atoms with Gasteiger partial charge in [-0.3, -0.25) is 14.4 Å². The van der Waals surface area contributed by atoms with Gasteiger partial charge in [0.1, 0.15) is 12.7 Å². The zero-order valence-corrected chi connectivity index (χ0v) is 11.5. The molecule has 1 aliphatic rings. The van der Waals surface area contributed by atoms with Gasteiger partial charge in [0.05, 0.1) is 0 Å². The lowest BCUT2D eigenvalue weighted by Crippen LogP contribution is -2.40. The molecule has 1 rings (SSSR count). The van der Waals surface area contributed by atoms with Crippen LogP contribution in [0.3, 0.4) is 0 Å². The Labute approximate surface area is 115 Å². The van der Waals surface area contributed by atoms with Gasteiger partial charge in [-0.15, -0.1) is 0 Å². The van der Waals surface area contributed by atoms with Crippen LogP contribution in [0.2, 0.25) is 0 Å². The smallest absolute Gasteiger partial charge is 0.303 e. The number of esters is 3. The molecule has 0 bridgehead atoms. The van der Waals surface area contributed by atoms with E-state index in [-0.39, 0.29) is 6.61 Å². The topological polar surface area (TPSA) is 88.1 Å². The van der Waals surface area contributed by atoms with Crippen molar-refractivity contribution in [2.24, 2.45) is 0 Å². The number of rotatable bonds is 4. The highest BCUT2D eigenvalue weighted by molar-refractivity contribution is 6.20. The summed E-state index contributed by atoms with van der Waals surface area (Å²) in [4.78, 5) is 32.8. The Morgan fingerprint density at radius 3 is 2.00 bits per heavy atom. The molecule has 4 atom stereocenters. The first-order valence-corrected chi connectivity index (χ1v) is 6.02. The fourth-order valence-electron chi connectivity index (χ4n) is 1.66. The van der Waals surface area contributed by atoms with Crippen LogP contribution in [0.4, 0.5) is 0 Å². The minimum Gasteiger partial charge on any atom is -0.463 e. The Balaban J connectivity index is 2.76. The molecular formula is C11H15ClO7. The molecule has 0 amide bonds. The molecule has 19 heavy (non-hydrogen) atoms. The molecule has 1 fully saturated rings. The van der Waals surface area contributed by atoms with E-state index in [2.05, 4.69) is 0 Å². The van der Waals surface area contributed by atoms with Gasteiger partial charge in [-0.05, 0) is 0 Å². The van der Waals surface area contributed by atoms with Crippen LogP contribution in [-0.4, -0.2) is 48.4 Å². The number of hydrogen-bond donors (Lipinski definition) is 0. The summed E-state index contributed by atoms with van der Waals surface area (Å²) in [7, 11) is 0. The zero-order chi connectivity index (χ0) is 14.6. The van der Waals surface area contributed by atoms with Crippen molar-refractivity contribution in [3.63, 3.8) is 0 Å². The van der Waals surface area contributed by atoms with Crippen molar-refractivity contribution in [3.8, 4) is 0 Å². The summed E-state index contributed by atoms with van der Waals surface area (Å²) in [5.74, 6) is -1.67. The summed E-state index contributed by atoms with van der Waals surface area (Å²) >= 11 is 5.88. The molecule has 1 saturated heterocycles. The maximum Gasteiger partial charge on any atom is 0.303 e. The van der Waals surface area contributed by atoms with E-state index >= 15 is 0 Å². The van der Waals surface area contributed by atoms with Gasteiger partial charge in [0.15, 0.2) is 17.8 Å². The molecule has 7 nitrogen and oxygen atoms in total. The second-order valence-electron chi connectivity index (χ2n) is 3.98. The Morgan fingerprint density at radius 1 is 1.00 bits per heavy atom. The molecular weight excluding hydrogens is 280 g/mol. The van der Waals surface area contributed by atoms with Gasteiger partial charge in [0.2, 0.25) is 0 Å². The molecule has 0 aromatic rings. The first-order valence-electron chi connectivity index (χ1n) is 5.58. The predicted octanol–water partition coefficient (Wildman–Crippen LogP) is 0.377. The largest absolute Gasteiger partial charge is 0.463 e. The zero-order valence-electron chi connectivity index (χ0n) is 10.8. The summed E-state index contributed by atoms with van der Waals surface area (Å²) in [6.07, 6.45) is -2.63. The highest BCUT2D eigenvalue weighted by Gasteiger charge is 2.48. The minimum atomic E-state index is -0.978. The van der Waals surface area contributed by atoms with Crippen molar-refractivity contribution in [2.75, 3.05) is 6.61 Å². The molecule has 0 spiro atoms. The van der Waals surface area contributed by atoms with Gasteiger partial charge in [-0.2, -0.15) is 0 Å². The van der Waals surface area contributed by atoms with Crippen molar-refractivity contribution in [2.45, 2.75) is 44.6 Å². The molecule has 1 aliphatic heterocycles. The van der Waals surface area contributed by atoms with E-state index in [1.54, 1.807) is 0 Å². The van der Waals surface area contributed by atoms with Crippen LogP contribution < -0.4 is 0 Å². The van der Waals surface area contributed by atoms with Gasteiger partial charge >= 0.3 is 17.9 Å². The molecule has 0 aromatic carbocycles. The molecule has 0 unspecified atom stereocenters. The monoisotopic (exact) mass is 294 g/mol. The van der Waals surface area contributed by atoms with Gasteiger partial charge < -0.3 is 18.9 Å². The number of carbonyl (C=O) groups is 3. The van der Waals surface area contributed by atoms with Crippen LogP contribution in [0.25, 0.3) is 0 Å². The second-order valence-corrected chi connectivity index (χ2v) is 4.41. The van der Waals surface area contributed by atoms with E-state index in [0.717, 1.165) is 0 Å². The molecule has 1 heterocycles. The third-order valence-corrected chi connectivity index (χ3v) is 2.66. The third kappa shape index (κ3) is 4.68. The highest BCUT2D eigenvalue weighted by atomic mass is 35.5. The Hall–Kier alpha value is -1.34. The van der Waals surface area contributed by atoms with Crippen molar-refractivity contribution >= 4 is 29.5 Å². The number of alkyl halides is 1. The fraction of sp³-hybridized carbons (Fsp3) is 0.727. The van der Waals surface area contributed by atoms with Crippen LogP contribution in [0.15, 0.2) is 0 Å². The van der Waals surface area contributed by atoms with Gasteiger partial charge in [-0.1, -0.05) is 11.6 Å². The SMILES string of the molecule is CC(=O)OC[C@H]1O[C@H](Cl)[C@H](OC(C)=O)[C@@H]1OC(C)=O. The predicted molar refractivity (Wildman–Crippen MR) is 62.3 cm³/mol. The van der Waals surface area contributed by atoms with E-state index in [4.69, 9.17) is 30.5 Å². The average molecular weight is 295 g/mol. The Bertz CT molecular complexity index is 370. The van der Waals surface area contributed by atoms with Gasteiger partial charge in [0, 0.05) is 20.8 Å². The molecule has 0 radical (unpaired) electrons. The molecule has 0 saturated carbocycles. The van der Waals surface area contributed by atoms with Gasteiger partial charge in [0.25, 0.3) is 0 Å². The van der Waals surface area contributed by atoms with Gasteiger partial charge in [-0.25, -0.2) is 0 Å². The normalized spacial score (nSPS) is 29.7. The highest BCUT2D eigenvalue weighted by Crippen LogP contribution is 2.29. The fourth-order valence-corrected chi connectivity index (χ4v) is 1.99. The second kappa shape index (κ2) is 6.72. The lowest BCUT2D eigenvalue weighted by Gasteiger charge is -2.22. The third-order valence-electron chi connectivity index (χ3n) is 2.31. The lowest BCUT2D eigenvalue weighted by molar-refractivity contribution is -0.165. The quantitative estimate of drug-likeness (QED) is 0.420. The average Bonchev–Trinajstić information content (AvgIpc) is 2.53. The first-order chi connectivity index (χ1) is 8.81. The number of hydrogen-bond acceptors (Lipinski definition) is 7. The Morgan fingerprint density at radius 2 is 1.53 bits per heavy atom. The van der Waals surface area contributed by atoms with Crippen molar-refractivity contribution in [1.82, 2.24) is 0 Å². The first kappa shape index (κ1) is 15.7. The van der Waals surface area contributed by atoms with Crippen molar-refractivity contribution in [1.29, 1.82) is 0 Å². The standard InChI is InChI=1S/C11H15ClO7/c1-5(13)16-4-8-9(17-6(2)14)10(11(12)19-8)18-7(3)15/h8-11H,4H2,1-3H3/t8-,9-,10-,11+/m1/s1. The van der Waals surface area contributed by atoms with E-state index in [1.165, 1.54) is 20.8 Å². The van der Waals surface area contributed by atoms with Crippen molar-refractivity contribution < 1.29 is 33.3 Å². The maximum absolute atomic E-state index is 11.1. The Kier molecular flexibility index (Phi) is 5.56. The summed E-state index contributed by atoms with van der Waals surface area (Å²) in [6, 6.07) is 0. The van der Waals surface area contributed by atoms with Crippen LogP contribution in [-0.2, 0) is 33.3 Å². The van der Waals surface area contributed by atoms with Crippen molar-refractivity contribution in [3.05, 3.63) is 0 Å². The number of halogens is 1. The number of ether oxygens (including phenoxy) is 4. The molecule has 0 aromatic heterocycles. The minimum absolute atomic E-state index is 0.145. The summed E-state index contributed by atoms with van der Waals surface area (Å²) in [5.41, 5.74) is -0.978. The summed E-state index contributed by atoms with van der Waals surface area (Å²) in [5, 5.41) is 0. The van der Waals surface area contributed by atoms with E-state index in [9.17, 15) is 14.4 Å². The molecule has 0 aliphatic carbocycles. The molecule has 0 N–H and O–H groups in total. The summed E-state index contributed by atoms with van der Waals surface area (Å²) < 4.78 is 20.0. The van der Waals surface area contributed by atoms with E-state index in [1.807, 2.05) is 0 Å². The van der Waals surface area contributed by atoms with Crippen LogP contribution in [0.1, 0.15) is 20.8 Å². The van der Waals surface area contributed by atoms with Crippen LogP contribution >= 0.6 is 11.6 Å². The number of carbonyl (C=O) groups excluding carboxylic acids is 3. The van der Waals surface area contributed by atoms with Crippen LogP contribution in [0, 0.1) is 0 Å². The van der Waals surface area contributed by atoms with E-state index < -0.39 is 41.8 Å². The molecule has 8 heteroatoms. The lowest BCUT2D eigenvalue weighted by atomic mass is 10.1. The summed E-state index contributed by atoms with van der Waals surface area (Å²) in [6.45, 7) is 3.49. The maximum atomic E-state index is 11.1. The van der Waals surface area contributed by atoms with E-state index in [0.29, 0.717) is 0 Å².